The summed E-state index contributed by atoms with van der Waals surface area (Å²) in [7, 11) is 0. The number of amides is 2. The van der Waals surface area contributed by atoms with E-state index in [1.54, 1.807) is 24.3 Å². The lowest BCUT2D eigenvalue weighted by molar-refractivity contribution is -0.115. The molecule has 0 bridgehead atoms. The largest absolute Gasteiger partial charge is 0.326 e. The Labute approximate surface area is 184 Å². The molecule has 2 heterocycles. The number of para-hydroxylation sites is 1. The van der Waals surface area contributed by atoms with Crippen LogP contribution in [0.2, 0.25) is 0 Å². The van der Waals surface area contributed by atoms with Gasteiger partial charge in [0, 0.05) is 23.7 Å². The Hall–Kier alpha value is -3.39. The fourth-order valence-corrected chi connectivity index (χ4v) is 4.36. The smallest absolute Gasteiger partial charge is 0.237 e. The van der Waals surface area contributed by atoms with Gasteiger partial charge in [-0.15, -0.1) is 10.2 Å². The first-order valence-corrected chi connectivity index (χ1v) is 10.8. The molecule has 0 aliphatic carbocycles. The summed E-state index contributed by atoms with van der Waals surface area (Å²) in [5, 5.41) is 15.7. The maximum absolute atomic E-state index is 12.8. The van der Waals surface area contributed by atoms with Crippen LogP contribution in [0, 0.1) is 13.8 Å². The number of anilines is 2. The molecule has 4 rings (SSSR count). The molecule has 0 radical (unpaired) electrons. The molecule has 0 saturated heterocycles. The molecule has 0 saturated carbocycles. The Morgan fingerprint density at radius 3 is 2.32 bits per heavy atom. The zero-order chi connectivity index (χ0) is 22.1. The Morgan fingerprint density at radius 1 is 0.968 bits per heavy atom. The molecule has 1 atom stereocenters. The summed E-state index contributed by atoms with van der Waals surface area (Å²) in [5.74, 6) is -0.275. The summed E-state index contributed by atoms with van der Waals surface area (Å²) in [5.41, 5.74) is 5.44. The van der Waals surface area contributed by atoms with Crippen LogP contribution >= 0.6 is 11.8 Å². The van der Waals surface area contributed by atoms with E-state index in [4.69, 9.17) is 0 Å². The third kappa shape index (κ3) is 4.25. The lowest BCUT2D eigenvalue weighted by Gasteiger charge is -2.13. The van der Waals surface area contributed by atoms with Crippen molar-refractivity contribution in [1.82, 2.24) is 14.6 Å². The van der Waals surface area contributed by atoms with Crippen LogP contribution in [-0.2, 0) is 9.59 Å². The average Bonchev–Trinajstić information content (AvgIpc) is 3.11. The summed E-state index contributed by atoms with van der Waals surface area (Å²) in [4.78, 5) is 23.9. The van der Waals surface area contributed by atoms with Crippen molar-refractivity contribution in [2.45, 2.75) is 38.1 Å². The minimum atomic E-state index is -0.386. The highest BCUT2D eigenvalue weighted by Gasteiger charge is 2.20. The summed E-state index contributed by atoms with van der Waals surface area (Å²) in [6, 6.07) is 15.2. The van der Waals surface area contributed by atoms with Gasteiger partial charge in [-0.05, 0) is 62.2 Å². The third-order valence-corrected chi connectivity index (χ3v) is 6.06. The molecule has 7 nitrogen and oxygen atoms in total. The molecule has 0 fully saturated rings. The second-order valence-electron chi connectivity index (χ2n) is 7.48. The first-order valence-electron chi connectivity index (χ1n) is 9.92. The number of fused-ring (bicyclic) bond motifs is 3. The molecule has 2 N–H and O–H groups in total. The van der Waals surface area contributed by atoms with Gasteiger partial charge in [-0.3, -0.25) is 14.0 Å². The number of nitrogens with one attached hydrogen (secondary N) is 2. The molecule has 0 aliphatic heterocycles. The molecule has 2 amide bonds. The van der Waals surface area contributed by atoms with E-state index < -0.39 is 0 Å². The fourth-order valence-electron chi connectivity index (χ4n) is 3.50. The van der Waals surface area contributed by atoms with Gasteiger partial charge in [0.1, 0.15) is 0 Å². The zero-order valence-corrected chi connectivity index (χ0v) is 18.6. The third-order valence-electron chi connectivity index (χ3n) is 5.01. The van der Waals surface area contributed by atoms with Crippen LogP contribution in [0.5, 0.6) is 0 Å². The van der Waals surface area contributed by atoms with Gasteiger partial charge in [-0.1, -0.05) is 30.0 Å². The SMILES string of the molecule is CC(=O)Nc1ccc(NC(=O)C(C)Sc2nnc3cc(C)c4cccc(C)c4n23)cc1. The van der Waals surface area contributed by atoms with Crippen molar-refractivity contribution in [1.29, 1.82) is 0 Å². The predicted octanol–water partition coefficient (Wildman–Crippen LogP) is 4.58. The summed E-state index contributed by atoms with van der Waals surface area (Å²) in [6.07, 6.45) is 0. The highest BCUT2D eigenvalue weighted by molar-refractivity contribution is 8.00. The molecule has 31 heavy (non-hydrogen) atoms. The summed E-state index contributed by atoms with van der Waals surface area (Å²) < 4.78 is 2.02. The number of hydrogen-bond acceptors (Lipinski definition) is 5. The fraction of sp³-hybridized carbons (Fsp3) is 0.217. The number of aryl methyl sites for hydroxylation is 2. The monoisotopic (exact) mass is 433 g/mol. The maximum Gasteiger partial charge on any atom is 0.237 e. The second kappa shape index (κ2) is 8.39. The number of hydrogen-bond donors (Lipinski definition) is 2. The van der Waals surface area contributed by atoms with Crippen molar-refractivity contribution < 1.29 is 9.59 Å². The van der Waals surface area contributed by atoms with Gasteiger partial charge in [0.15, 0.2) is 10.8 Å². The van der Waals surface area contributed by atoms with Gasteiger partial charge in [0.05, 0.1) is 10.8 Å². The van der Waals surface area contributed by atoms with E-state index in [1.165, 1.54) is 18.7 Å². The predicted molar refractivity (Wildman–Crippen MR) is 125 cm³/mol. The average molecular weight is 434 g/mol. The number of nitrogens with zero attached hydrogens (tertiary/aromatic N) is 3. The minimum absolute atomic E-state index is 0.137. The standard InChI is InChI=1S/C23H23N5O2S/c1-13-6-5-7-19-14(2)12-20-26-27-23(28(20)21(13)19)31-15(3)22(30)25-18-10-8-17(9-11-18)24-16(4)29/h5-12,15H,1-4H3,(H,24,29)(H,25,30). The van der Waals surface area contributed by atoms with E-state index in [0.29, 0.717) is 16.5 Å². The van der Waals surface area contributed by atoms with Crippen molar-refractivity contribution in [2.24, 2.45) is 0 Å². The van der Waals surface area contributed by atoms with Crippen molar-refractivity contribution >= 4 is 51.5 Å². The molecule has 0 spiro atoms. The number of thioether (sulfide) groups is 1. The molecule has 8 heteroatoms. The van der Waals surface area contributed by atoms with Gasteiger partial charge < -0.3 is 10.6 Å². The molecule has 2 aromatic carbocycles. The van der Waals surface area contributed by atoms with Gasteiger partial charge in [0.25, 0.3) is 0 Å². The number of carbonyl (C=O) groups is 2. The van der Waals surface area contributed by atoms with Gasteiger partial charge in [-0.25, -0.2) is 0 Å². The molecule has 2 aromatic heterocycles. The van der Waals surface area contributed by atoms with Crippen LogP contribution in [-0.4, -0.2) is 31.7 Å². The Bertz CT molecular complexity index is 1300. The Morgan fingerprint density at radius 2 is 1.65 bits per heavy atom. The van der Waals surface area contributed by atoms with Crippen molar-refractivity contribution in [2.75, 3.05) is 10.6 Å². The van der Waals surface area contributed by atoms with E-state index in [-0.39, 0.29) is 17.1 Å². The Kier molecular flexibility index (Phi) is 5.65. The lowest BCUT2D eigenvalue weighted by Crippen LogP contribution is -2.22. The van der Waals surface area contributed by atoms with Gasteiger partial charge in [0.2, 0.25) is 11.8 Å². The van der Waals surface area contributed by atoms with Crippen LogP contribution in [0.25, 0.3) is 16.6 Å². The van der Waals surface area contributed by atoms with Gasteiger partial charge in [-0.2, -0.15) is 0 Å². The first-order chi connectivity index (χ1) is 14.8. The van der Waals surface area contributed by atoms with Crippen molar-refractivity contribution in [3.63, 3.8) is 0 Å². The van der Waals surface area contributed by atoms with Crippen LogP contribution in [0.4, 0.5) is 11.4 Å². The second-order valence-corrected chi connectivity index (χ2v) is 8.79. The molecule has 158 valence electrons. The summed E-state index contributed by atoms with van der Waals surface area (Å²) in [6.45, 7) is 7.43. The highest BCUT2D eigenvalue weighted by Crippen LogP contribution is 2.30. The normalized spacial score (nSPS) is 12.1. The number of pyridine rings is 1. The summed E-state index contributed by atoms with van der Waals surface area (Å²) >= 11 is 1.37. The van der Waals surface area contributed by atoms with E-state index in [2.05, 4.69) is 46.8 Å². The van der Waals surface area contributed by atoms with Crippen LogP contribution < -0.4 is 10.6 Å². The van der Waals surface area contributed by atoms with Crippen LogP contribution in [0.3, 0.4) is 0 Å². The maximum atomic E-state index is 12.8. The number of carbonyl (C=O) groups excluding carboxylic acids is 2. The Balaban J connectivity index is 1.56. The molecule has 4 aromatic rings. The van der Waals surface area contributed by atoms with Crippen molar-refractivity contribution in [3.05, 3.63) is 59.7 Å². The van der Waals surface area contributed by atoms with Crippen molar-refractivity contribution in [3.8, 4) is 0 Å². The number of rotatable bonds is 5. The molecular weight excluding hydrogens is 410 g/mol. The molecular formula is C23H23N5O2S. The lowest BCUT2D eigenvalue weighted by atomic mass is 10.1. The first kappa shape index (κ1) is 20.9. The van der Waals surface area contributed by atoms with E-state index in [1.807, 2.05) is 23.5 Å². The van der Waals surface area contributed by atoms with Gasteiger partial charge >= 0.3 is 0 Å². The van der Waals surface area contributed by atoms with Crippen LogP contribution in [0.1, 0.15) is 25.0 Å². The zero-order valence-electron chi connectivity index (χ0n) is 17.8. The number of benzene rings is 2. The van der Waals surface area contributed by atoms with Crippen LogP contribution in [0.15, 0.2) is 53.7 Å². The highest BCUT2D eigenvalue weighted by atomic mass is 32.2. The quantitative estimate of drug-likeness (QED) is 0.450. The van der Waals surface area contributed by atoms with E-state index in [0.717, 1.165) is 27.7 Å². The number of aromatic nitrogens is 3. The van der Waals surface area contributed by atoms with E-state index in [9.17, 15) is 9.59 Å². The minimum Gasteiger partial charge on any atom is -0.326 e. The topological polar surface area (TPSA) is 88.4 Å². The molecule has 1 unspecified atom stereocenters. The van der Waals surface area contributed by atoms with E-state index >= 15 is 0 Å². The molecule has 0 aliphatic rings.